The van der Waals surface area contributed by atoms with Crippen molar-refractivity contribution in [3.05, 3.63) is 17.7 Å². The van der Waals surface area contributed by atoms with Gasteiger partial charge in [0.1, 0.15) is 18.7 Å². The second kappa shape index (κ2) is 5.25. The van der Waals surface area contributed by atoms with Gasteiger partial charge in [-0.2, -0.15) is 4.99 Å². The number of aromatic nitrogens is 2. The van der Waals surface area contributed by atoms with E-state index >= 15 is 0 Å². The summed E-state index contributed by atoms with van der Waals surface area (Å²) in [5.74, 6) is -0.233. The smallest absolute Gasteiger partial charge is 0.299 e. The van der Waals surface area contributed by atoms with Gasteiger partial charge < -0.3 is 25.3 Å². The molecule has 0 spiro atoms. The van der Waals surface area contributed by atoms with Crippen molar-refractivity contribution in [1.82, 2.24) is 9.55 Å². The quantitative estimate of drug-likeness (QED) is 0.573. The Bertz CT molecular complexity index is 478. The van der Waals surface area contributed by atoms with Crippen molar-refractivity contribution in [2.24, 2.45) is 10.7 Å². The predicted octanol–water partition coefficient (Wildman–Crippen LogP) is -1.74. The summed E-state index contributed by atoms with van der Waals surface area (Å²) >= 11 is 0. The Morgan fingerprint density at radius 1 is 1.50 bits per heavy atom. The number of rotatable bonds is 5. The highest BCUT2D eigenvalue weighted by Gasteiger charge is 2.23. The van der Waals surface area contributed by atoms with Gasteiger partial charge in [0.05, 0.1) is 25.2 Å². The zero-order valence-corrected chi connectivity index (χ0v) is 9.61. The van der Waals surface area contributed by atoms with E-state index in [1.165, 1.54) is 6.33 Å². The zero-order valence-electron chi connectivity index (χ0n) is 9.61. The maximum atomic E-state index is 11.5. The van der Waals surface area contributed by atoms with Crippen molar-refractivity contribution in [1.29, 1.82) is 0 Å². The molecule has 1 aromatic rings. The van der Waals surface area contributed by atoms with Gasteiger partial charge in [0.25, 0.3) is 5.91 Å². The molecule has 1 amide bonds. The van der Waals surface area contributed by atoms with Gasteiger partial charge in [-0.1, -0.05) is 0 Å². The Morgan fingerprint density at radius 2 is 2.22 bits per heavy atom. The first-order chi connectivity index (χ1) is 8.65. The van der Waals surface area contributed by atoms with Gasteiger partial charge >= 0.3 is 0 Å². The fraction of sp³-hybridized carbons (Fsp3) is 0.500. The average Bonchev–Trinajstić information content (AvgIpc) is 2.74. The number of nitrogens with two attached hydrogens (primary N) is 1. The number of hydrogen-bond acceptors (Lipinski definition) is 6. The lowest BCUT2D eigenvalue weighted by atomic mass is 10.2. The molecule has 0 saturated carbocycles. The summed E-state index contributed by atoms with van der Waals surface area (Å²) in [4.78, 5) is 19.1. The minimum absolute atomic E-state index is 0.0781. The number of aliphatic imine (C=N–C) groups is 1. The van der Waals surface area contributed by atoms with Gasteiger partial charge in [0, 0.05) is 6.42 Å². The summed E-state index contributed by atoms with van der Waals surface area (Å²) in [5.41, 5.74) is 6.43. The lowest BCUT2D eigenvalue weighted by Crippen LogP contribution is -2.27. The van der Waals surface area contributed by atoms with E-state index in [4.69, 9.17) is 20.7 Å². The largest absolute Gasteiger partial charge is 0.394 e. The Morgan fingerprint density at radius 3 is 2.89 bits per heavy atom. The molecule has 0 aliphatic carbocycles. The molecule has 8 heteroatoms. The van der Waals surface area contributed by atoms with Crippen LogP contribution in [0.2, 0.25) is 0 Å². The number of aliphatic hydroxyl groups is 2. The number of carbonyl (C=O) groups is 1. The fourth-order valence-electron chi connectivity index (χ4n) is 1.63. The average molecular weight is 254 g/mol. The molecular weight excluding hydrogens is 240 g/mol. The summed E-state index contributed by atoms with van der Waals surface area (Å²) in [7, 11) is 0. The van der Waals surface area contributed by atoms with E-state index in [1.807, 2.05) is 0 Å². The maximum Gasteiger partial charge on any atom is 0.299 e. The van der Waals surface area contributed by atoms with Crippen LogP contribution in [0, 0.1) is 0 Å². The molecule has 1 aromatic heterocycles. The van der Waals surface area contributed by atoms with Crippen LogP contribution in [0.5, 0.6) is 0 Å². The van der Waals surface area contributed by atoms with Crippen LogP contribution < -0.4 is 5.73 Å². The van der Waals surface area contributed by atoms with Crippen molar-refractivity contribution in [3.63, 3.8) is 0 Å². The van der Waals surface area contributed by atoms with E-state index in [0.29, 0.717) is 12.1 Å². The Hall–Kier alpha value is -1.77. The lowest BCUT2D eigenvalue weighted by molar-refractivity contribution is -0.0505. The molecule has 0 fully saturated rings. The van der Waals surface area contributed by atoms with Crippen LogP contribution in [0.3, 0.4) is 0 Å². The van der Waals surface area contributed by atoms with Crippen molar-refractivity contribution in [2.45, 2.75) is 19.3 Å². The molecule has 0 radical (unpaired) electrons. The molecule has 0 aromatic carbocycles. The normalized spacial score (nSPS) is 14.8. The third-order valence-electron chi connectivity index (χ3n) is 2.60. The molecule has 0 bridgehead atoms. The van der Waals surface area contributed by atoms with Crippen LogP contribution in [0.15, 0.2) is 11.3 Å². The van der Waals surface area contributed by atoms with Crippen LogP contribution in [0.4, 0.5) is 0 Å². The van der Waals surface area contributed by atoms with Gasteiger partial charge in [0.2, 0.25) is 0 Å². The molecule has 1 aliphatic heterocycles. The number of imidazole rings is 1. The van der Waals surface area contributed by atoms with E-state index < -0.39 is 12.0 Å². The Kier molecular flexibility index (Phi) is 3.70. The Labute approximate surface area is 103 Å². The summed E-state index contributed by atoms with van der Waals surface area (Å²) in [6.45, 7) is -0.486. The third-order valence-corrected chi connectivity index (χ3v) is 2.60. The van der Waals surface area contributed by atoms with Crippen molar-refractivity contribution in [3.8, 4) is 0 Å². The molecule has 0 saturated heterocycles. The number of nitrogens with zero attached hydrogens (tertiary/aromatic N) is 3. The topological polar surface area (TPSA) is 123 Å². The highest BCUT2D eigenvalue weighted by molar-refractivity contribution is 6.06. The van der Waals surface area contributed by atoms with Gasteiger partial charge in [0.15, 0.2) is 5.69 Å². The molecule has 8 nitrogen and oxygen atoms in total. The standard InChI is InChI=1S/C10H14N4O4/c11-8-1-7-9(10(17)13-8)12-4-14(7)5-18-6(2-15)3-16/h4,6,15-16H,1-3,5H2,(H2,11,13,17). The first kappa shape index (κ1) is 12.7. The monoisotopic (exact) mass is 254 g/mol. The van der Waals surface area contributed by atoms with Crippen LogP contribution >= 0.6 is 0 Å². The number of carbonyl (C=O) groups excluding carboxylic acids is 1. The number of amides is 1. The number of aliphatic hydroxyl groups excluding tert-OH is 2. The fourth-order valence-corrected chi connectivity index (χ4v) is 1.63. The van der Waals surface area contributed by atoms with E-state index in [9.17, 15) is 4.79 Å². The molecule has 2 rings (SSSR count). The summed E-state index contributed by atoms with van der Waals surface area (Å²) in [5, 5.41) is 17.7. The Balaban J connectivity index is 2.11. The van der Waals surface area contributed by atoms with E-state index in [0.717, 1.165) is 0 Å². The van der Waals surface area contributed by atoms with Gasteiger partial charge in [-0.3, -0.25) is 4.79 Å². The zero-order chi connectivity index (χ0) is 13.1. The first-order valence-electron chi connectivity index (χ1n) is 5.40. The van der Waals surface area contributed by atoms with Crippen LogP contribution in [-0.2, 0) is 17.9 Å². The molecule has 1 aliphatic rings. The number of ether oxygens (including phenoxy) is 1. The SMILES string of the molecule is NC1=NC(=O)c2ncn(COC(CO)CO)c2C1. The van der Waals surface area contributed by atoms with Gasteiger partial charge in [-0.05, 0) is 0 Å². The molecule has 0 atom stereocenters. The van der Waals surface area contributed by atoms with Crippen LogP contribution in [-0.4, -0.2) is 50.8 Å². The molecule has 2 heterocycles. The van der Waals surface area contributed by atoms with Gasteiger partial charge in [-0.15, -0.1) is 0 Å². The van der Waals surface area contributed by atoms with Gasteiger partial charge in [-0.25, -0.2) is 4.98 Å². The predicted molar refractivity (Wildman–Crippen MR) is 60.9 cm³/mol. The molecule has 4 N–H and O–H groups in total. The second-order valence-electron chi connectivity index (χ2n) is 3.88. The summed E-state index contributed by atoms with van der Waals surface area (Å²) < 4.78 is 6.86. The van der Waals surface area contributed by atoms with Crippen LogP contribution in [0.1, 0.15) is 16.2 Å². The van der Waals surface area contributed by atoms with Crippen LogP contribution in [0.25, 0.3) is 0 Å². The molecule has 18 heavy (non-hydrogen) atoms. The highest BCUT2D eigenvalue weighted by Crippen LogP contribution is 2.15. The summed E-state index contributed by atoms with van der Waals surface area (Å²) in [6.07, 6.45) is 1.11. The maximum absolute atomic E-state index is 11.5. The first-order valence-corrected chi connectivity index (χ1v) is 5.40. The third kappa shape index (κ3) is 2.40. The second-order valence-corrected chi connectivity index (χ2v) is 3.88. The van der Waals surface area contributed by atoms with E-state index in [1.54, 1.807) is 4.57 Å². The van der Waals surface area contributed by atoms with Crippen molar-refractivity contribution >= 4 is 11.7 Å². The molecule has 0 unspecified atom stereocenters. The highest BCUT2D eigenvalue weighted by atomic mass is 16.5. The van der Waals surface area contributed by atoms with Crippen molar-refractivity contribution in [2.75, 3.05) is 13.2 Å². The molecular formula is C10H14N4O4. The number of amidine groups is 1. The minimum atomic E-state index is -0.659. The number of hydrogen-bond donors (Lipinski definition) is 3. The van der Waals surface area contributed by atoms with E-state index in [-0.39, 0.29) is 31.5 Å². The summed E-state index contributed by atoms with van der Waals surface area (Å²) in [6, 6.07) is 0. The van der Waals surface area contributed by atoms with Crippen molar-refractivity contribution < 1.29 is 19.7 Å². The molecule has 98 valence electrons. The number of fused-ring (bicyclic) bond motifs is 1. The minimum Gasteiger partial charge on any atom is -0.394 e. The van der Waals surface area contributed by atoms with E-state index in [2.05, 4.69) is 9.98 Å². The lowest BCUT2D eigenvalue weighted by Gasteiger charge is -2.15.